The summed E-state index contributed by atoms with van der Waals surface area (Å²) in [7, 11) is -3.94. The van der Waals surface area contributed by atoms with Crippen LogP contribution in [-0.4, -0.2) is 63.6 Å². The van der Waals surface area contributed by atoms with Crippen molar-refractivity contribution in [2.45, 2.75) is 101 Å². The van der Waals surface area contributed by atoms with E-state index in [1.165, 1.54) is 11.1 Å². The van der Waals surface area contributed by atoms with E-state index in [2.05, 4.69) is 21.8 Å². The molecule has 5 atom stereocenters. The van der Waals surface area contributed by atoms with E-state index in [0.717, 1.165) is 42.8 Å². The SMILES string of the molecule is CC[C@@H]1CC/C=C/[C@H](OCC(=O)OC(C)(C)C)[C@@H]2CC[C@H]2CN2C[C@@]3(CCCc4cc(Cl)ccc43)COc3ccc(cc32)C(=O)NS1(=O)=O. The molecule has 1 fully saturated rings. The van der Waals surface area contributed by atoms with Crippen molar-refractivity contribution in [2.24, 2.45) is 11.8 Å². The van der Waals surface area contributed by atoms with Crippen molar-refractivity contribution in [3.05, 3.63) is 70.3 Å². The first-order valence-electron chi connectivity index (χ1n) is 17.6. The van der Waals surface area contributed by atoms with E-state index in [1.807, 2.05) is 45.9 Å². The first kappa shape index (κ1) is 35.7. The van der Waals surface area contributed by atoms with Crippen LogP contribution in [0.1, 0.15) is 94.1 Å². The second-order valence-electron chi connectivity index (χ2n) is 15.2. The van der Waals surface area contributed by atoms with Crippen molar-refractivity contribution in [1.82, 2.24) is 4.72 Å². The molecule has 1 N–H and O–H groups in total. The number of fused-ring (bicyclic) bond motifs is 4. The van der Waals surface area contributed by atoms with Gasteiger partial charge >= 0.3 is 5.97 Å². The van der Waals surface area contributed by atoms with Gasteiger partial charge in [0.2, 0.25) is 10.0 Å². The van der Waals surface area contributed by atoms with Gasteiger partial charge in [-0.3, -0.25) is 4.79 Å². The number of carbonyl (C=O) groups excluding carboxylic acids is 2. The van der Waals surface area contributed by atoms with Gasteiger partial charge in [-0.15, -0.1) is 0 Å². The number of ether oxygens (including phenoxy) is 3. The Bertz CT molecular complexity index is 1700. The van der Waals surface area contributed by atoms with E-state index < -0.39 is 32.8 Å². The summed E-state index contributed by atoms with van der Waals surface area (Å²) in [6.45, 7) is 8.97. The highest BCUT2D eigenvalue weighted by Crippen LogP contribution is 2.47. The maximum atomic E-state index is 13.5. The number of aryl methyl sites for hydroxylation is 1. The first-order chi connectivity index (χ1) is 23.3. The van der Waals surface area contributed by atoms with E-state index in [9.17, 15) is 18.0 Å². The van der Waals surface area contributed by atoms with Crippen LogP contribution in [0.3, 0.4) is 0 Å². The lowest BCUT2D eigenvalue weighted by Crippen LogP contribution is -2.50. The normalized spacial score (nSPS) is 28.9. The largest absolute Gasteiger partial charge is 0.490 e. The van der Waals surface area contributed by atoms with Gasteiger partial charge in [-0.2, -0.15) is 0 Å². The number of anilines is 1. The average molecular weight is 713 g/mol. The van der Waals surface area contributed by atoms with Crippen LogP contribution in [0.4, 0.5) is 5.69 Å². The number of esters is 1. The number of hydrogen-bond acceptors (Lipinski definition) is 8. The van der Waals surface area contributed by atoms with E-state index in [-0.39, 0.29) is 35.5 Å². The molecule has 2 aliphatic carbocycles. The Labute approximate surface area is 295 Å². The molecule has 0 aromatic heterocycles. The number of nitrogens with one attached hydrogen (secondary N) is 1. The van der Waals surface area contributed by atoms with Crippen molar-refractivity contribution >= 4 is 39.2 Å². The number of nitrogens with zero attached hydrogens (tertiary/aromatic N) is 1. The molecule has 11 heteroatoms. The van der Waals surface area contributed by atoms with Crippen LogP contribution in [0, 0.1) is 11.8 Å². The third-order valence-electron chi connectivity index (χ3n) is 10.6. The van der Waals surface area contributed by atoms with Crippen LogP contribution in [0.25, 0.3) is 0 Å². The summed E-state index contributed by atoms with van der Waals surface area (Å²) in [4.78, 5) is 28.5. The van der Waals surface area contributed by atoms with Gasteiger partial charge in [-0.25, -0.2) is 17.9 Å². The summed E-state index contributed by atoms with van der Waals surface area (Å²) in [6.07, 6.45) is 9.64. The molecule has 2 aromatic rings. The van der Waals surface area contributed by atoms with Crippen LogP contribution in [0.5, 0.6) is 5.75 Å². The third kappa shape index (κ3) is 7.97. The van der Waals surface area contributed by atoms with Crippen molar-refractivity contribution in [2.75, 3.05) is 31.2 Å². The maximum Gasteiger partial charge on any atom is 0.332 e. The predicted octanol–water partition coefficient (Wildman–Crippen LogP) is 6.75. The number of halogens is 1. The first-order valence-corrected chi connectivity index (χ1v) is 19.6. The molecule has 2 bridgehead atoms. The summed E-state index contributed by atoms with van der Waals surface area (Å²) in [5, 5.41) is -0.0238. The second kappa shape index (κ2) is 14.3. The Balaban J connectivity index is 1.38. The van der Waals surface area contributed by atoms with E-state index in [4.69, 9.17) is 25.8 Å². The van der Waals surface area contributed by atoms with E-state index >= 15 is 0 Å². The van der Waals surface area contributed by atoms with Gasteiger partial charge in [-0.1, -0.05) is 36.7 Å². The minimum absolute atomic E-state index is 0.143. The van der Waals surface area contributed by atoms with Gasteiger partial charge in [0.05, 0.1) is 23.6 Å². The van der Waals surface area contributed by atoms with Gasteiger partial charge < -0.3 is 19.1 Å². The highest BCUT2D eigenvalue weighted by Gasteiger charge is 2.44. The Morgan fingerprint density at radius 3 is 2.69 bits per heavy atom. The number of allylic oxidation sites excluding steroid dienone is 1. The summed E-state index contributed by atoms with van der Waals surface area (Å²) in [5.41, 5.74) is 2.60. The topological polar surface area (TPSA) is 111 Å². The molecule has 0 radical (unpaired) electrons. The molecule has 1 amide bonds. The van der Waals surface area contributed by atoms with Crippen LogP contribution in [0.15, 0.2) is 48.6 Å². The maximum absolute atomic E-state index is 13.5. The lowest BCUT2D eigenvalue weighted by molar-refractivity contribution is -0.163. The monoisotopic (exact) mass is 712 g/mol. The molecule has 0 unspecified atom stereocenters. The third-order valence-corrected chi connectivity index (χ3v) is 12.7. The van der Waals surface area contributed by atoms with Gasteiger partial charge in [-0.05, 0) is 125 Å². The van der Waals surface area contributed by atoms with Gasteiger partial charge in [0, 0.05) is 29.1 Å². The van der Waals surface area contributed by atoms with E-state index in [0.29, 0.717) is 44.7 Å². The zero-order chi connectivity index (χ0) is 35.0. The number of amides is 1. The Morgan fingerprint density at radius 1 is 1.14 bits per heavy atom. The summed E-state index contributed by atoms with van der Waals surface area (Å²) >= 11 is 6.44. The molecule has 2 aliphatic heterocycles. The predicted molar refractivity (Wildman–Crippen MR) is 191 cm³/mol. The summed E-state index contributed by atoms with van der Waals surface area (Å²) in [5.74, 6) is 0.000411. The van der Waals surface area contributed by atoms with Crippen LogP contribution in [0.2, 0.25) is 5.02 Å². The highest BCUT2D eigenvalue weighted by molar-refractivity contribution is 7.90. The molecule has 1 saturated carbocycles. The van der Waals surface area contributed by atoms with Crippen molar-refractivity contribution < 1.29 is 32.2 Å². The van der Waals surface area contributed by atoms with Crippen LogP contribution in [-0.2, 0) is 36.1 Å². The zero-order valence-electron chi connectivity index (χ0n) is 29.0. The van der Waals surface area contributed by atoms with E-state index in [1.54, 1.807) is 18.2 Å². The summed E-state index contributed by atoms with van der Waals surface area (Å²) in [6, 6.07) is 11.4. The van der Waals surface area contributed by atoms with Crippen LogP contribution < -0.4 is 14.4 Å². The number of hydrogen-bond donors (Lipinski definition) is 1. The lowest BCUT2D eigenvalue weighted by Gasteiger charge is -2.46. The fourth-order valence-electron chi connectivity index (χ4n) is 8.01. The fourth-order valence-corrected chi connectivity index (χ4v) is 9.63. The minimum Gasteiger partial charge on any atom is -0.490 e. The minimum atomic E-state index is -3.94. The highest BCUT2D eigenvalue weighted by atomic mass is 35.5. The summed E-state index contributed by atoms with van der Waals surface area (Å²) < 4.78 is 47.6. The molecule has 0 saturated heterocycles. The lowest BCUT2D eigenvalue weighted by atomic mass is 9.68. The van der Waals surface area contributed by atoms with Crippen molar-refractivity contribution in [1.29, 1.82) is 0 Å². The Hall–Kier alpha value is -3.08. The van der Waals surface area contributed by atoms with Crippen LogP contribution >= 0.6 is 11.6 Å². The number of sulfonamides is 1. The van der Waals surface area contributed by atoms with Gasteiger partial charge in [0.15, 0.2) is 0 Å². The average Bonchev–Trinajstić information content (AvgIpc) is 3.16. The number of carbonyl (C=O) groups is 2. The fraction of sp³-hybridized carbons (Fsp3) is 0.579. The smallest absolute Gasteiger partial charge is 0.332 e. The molecule has 1 spiro atoms. The Kier molecular flexibility index (Phi) is 10.4. The zero-order valence-corrected chi connectivity index (χ0v) is 30.6. The molecule has 2 aromatic carbocycles. The molecule has 6 rings (SSSR count). The molecular weight excluding hydrogens is 664 g/mol. The molecule has 4 aliphatic rings. The van der Waals surface area contributed by atoms with Gasteiger partial charge in [0.25, 0.3) is 5.91 Å². The quantitative estimate of drug-likeness (QED) is 0.274. The molecule has 9 nitrogen and oxygen atoms in total. The molecule has 49 heavy (non-hydrogen) atoms. The van der Waals surface area contributed by atoms with Crippen molar-refractivity contribution in [3.63, 3.8) is 0 Å². The standard InChI is InChI=1S/C38H49ClN2O7S/c1-5-29-10-6-7-11-33(46-22-35(42)48-37(2,3)4)30-15-12-27(30)21-41-23-38(18-8-9-25-19-28(39)14-16-31(25)38)24-47-34-17-13-26(20-32(34)41)36(43)40-49(29,44)45/h7,11,13-14,16-17,19-20,27,29-30,33H,5-6,8-10,12,15,18,21-24H2,1-4H3,(H,40,43)/b11-7+/t27-,29+,30+,33-,38-/m0/s1. The molecular formula is C38H49ClN2O7S. The van der Waals surface area contributed by atoms with Gasteiger partial charge in [0.1, 0.15) is 18.0 Å². The number of benzene rings is 2. The van der Waals surface area contributed by atoms with Crippen molar-refractivity contribution in [3.8, 4) is 5.75 Å². The number of rotatable bonds is 4. The molecule has 2 heterocycles. The Morgan fingerprint density at radius 2 is 1.96 bits per heavy atom. The molecule has 266 valence electrons. The second-order valence-corrected chi connectivity index (χ2v) is 17.6.